The number of fused-ring (bicyclic) bond motifs is 1. The lowest BCUT2D eigenvalue weighted by atomic mass is 10.2. The van der Waals surface area contributed by atoms with Gasteiger partial charge in [-0.15, -0.1) is 0 Å². The lowest BCUT2D eigenvalue weighted by Gasteiger charge is -2.25. The highest BCUT2D eigenvalue weighted by Crippen LogP contribution is 2.33. The molecule has 2 N–H and O–H groups in total. The van der Waals surface area contributed by atoms with E-state index in [0.29, 0.717) is 11.4 Å². The van der Waals surface area contributed by atoms with Gasteiger partial charge in [0.05, 0.1) is 5.69 Å². The molecule has 0 aliphatic carbocycles. The van der Waals surface area contributed by atoms with Crippen molar-refractivity contribution in [2.24, 2.45) is 0 Å². The van der Waals surface area contributed by atoms with Crippen LogP contribution in [0.4, 0.5) is 22.7 Å². The van der Waals surface area contributed by atoms with E-state index in [9.17, 15) is 9.59 Å². The molecule has 1 aliphatic rings. The van der Waals surface area contributed by atoms with Gasteiger partial charge in [-0.25, -0.2) is 0 Å². The van der Waals surface area contributed by atoms with Crippen molar-refractivity contribution >= 4 is 34.4 Å². The van der Waals surface area contributed by atoms with Crippen LogP contribution in [0.15, 0.2) is 103 Å². The molecule has 5 heteroatoms. The number of hydrogen-bond donors (Lipinski definition) is 2. The summed E-state index contributed by atoms with van der Waals surface area (Å²) < 4.78 is 0. The van der Waals surface area contributed by atoms with Crippen LogP contribution in [0.25, 0.3) is 0 Å². The lowest BCUT2D eigenvalue weighted by molar-refractivity contribution is -0.112. The second kappa shape index (κ2) is 8.27. The van der Waals surface area contributed by atoms with Gasteiger partial charge in [-0.2, -0.15) is 0 Å². The number of rotatable bonds is 3. The number of nitrogens with one attached hydrogen (secondary N) is 2. The number of para-hydroxylation sites is 3. The minimum atomic E-state index is -0.554. The van der Waals surface area contributed by atoms with Crippen LogP contribution in [0.3, 0.4) is 0 Å². The number of amides is 1. The van der Waals surface area contributed by atoms with Crippen LogP contribution in [-0.2, 0) is 4.79 Å². The van der Waals surface area contributed by atoms with Crippen LogP contribution < -0.4 is 10.2 Å². The number of anilines is 4. The van der Waals surface area contributed by atoms with E-state index in [1.165, 1.54) is 17.1 Å². The summed E-state index contributed by atoms with van der Waals surface area (Å²) >= 11 is 0. The number of H-pyrrole nitrogens is 1. The van der Waals surface area contributed by atoms with E-state index in [2.05, 4.69) is 88.0 Å². The zero-order valence-corrected chi connectivity index (χ0v) is 15.6. The molecular weight excluding hydrogens is 362 g/mol. The highest BCUT2D eigenvalue weighted by molar-refractivity contribution is 6.51. The Bertz CT molecular complexity index is 1010. The number of carbonyl (C=O) groups excluding carboxylic acids is 2. The number of hydrogen-bond acceptors (Lipinski definition) is 3. The summed E-state index contributed by atoms with van der Waals surface area (Å²) in [5.74, 6) is -1.04. The Kier molecular flexibility index (Phi) is 5.21. The topological polar surface area (TPSA) is 65.2 Å². The van der Waals surface area contributed by atoms with Crippen LogP contribution in [0.1, 0.15) is 10.5 Å². The summed E-state index contributed by atoms with van der Waals surface area (Å²) in [4.78, 5) is 26.3. The molecule has 29 heavy (non-hydrogen) atoms. The first kappa shape index (κ1) is 18.3. The molecule has 3 aromatic carbocycles. The van der Waals surface area contributed by atoms with Gasteiger partial charge in [0.2, 0.25) is 0 Å². The third kappa shape index (κ3) is 3.94. The number of aromatic amines is 1. The van der Waals surface area contributed by atoms with Gasteiger partial charge in [-0.05, 0) is 42.5 Å². The second-order valence-electron chi connectivity index (χ2n) is 6.39. The standard InChI is InChI=1S/C18H15N.C6H4N2O2/c1-4-10-16(11-5-1)19(17-12-6-2-7-13-17)18-14-8-3-9-15-18;9-5-4-3(1-2-7-4)8-6(5)10/h1-15H;1-2,7H,(H,8,9,10). The number of nitrogens with zero attached hydrogens (tertiary/aromatic N) is 1. The molecule has 0 radical (unpaired) electrons. The Morgan fingerprint density at radius 3 is 1.45 bits per heavy atom. The van der Waals surface area contributed by atoms with Crippen LogP contribution in [-0.4, -0.2) is 16.7 Å². The van der Waals surface area contributed by atoms with Crippen molar-refractivity contribution in [3.8, 4) is 0 Å². The first-order chi connectivity index (χ1) is 14.2. The highest BCUT2D eigenvalue weighted by atomic mass is 16.2. The molecule has 0 saturated carbocycles. The van der Waals surface area contributed by atoms with E-state index in [4.69, 9.17) is 0 Å². The number of aromatic nitrogens is 1. The van der Waals surface area contributed by atoms with E-state index < -0.39 is 11.7 Å². The average Bonchev–Trinajstić information content (AvgIpc) is 3.34. The molecule has 1 aliphatic heterocycles. The van der Waals surface area contributed by atoms with Gasteiger partial charge >= 0.3 is 0 Å². The Labute approximate surface area is 168 Å². The average molecular weight is 381 g/mol. The van der Waals surface area contributed by atoms with Crippen molar-refractivity contribution in [3.05, 3.63) is 109 Å². The van der Waals surface area contributed by atoms with E-state index in [-0.39, 0.29) is 0 Å². The smallest absolute Gasteiger partial charge is 0.298 e. The molecule has 1 aromatic heterocycles. The molecule has 0 spiro atoms. The van der Waals surface area contributed by atoms with Crippen molar-refractivity contribution in [1.82, 2.24) is 4.98 Å². The maximum absolute atomic E-state index is 10.8. The number of carbonyl (C=O) groups is 2. The van der Waals surface area contributed by atoms with Gasteiger partial charge in [0.25, 0.3) is 11.7 Å². The zero-order valence-electron chi connectivity index (χ0n) is 15.6. The minimum Gasteiger partial charge on any atom is -0.357 e. The first-order valence-corrected chi connectivity index (χ1v) is 9.22. The van der Waals surface area contributed by atoms with E-state index >= 15 is 0 Å². The minimum absolute atomic E-state index is 0.366. The van der Waals surface area contributed by atoms with Crippen LogP contribution in [0.5, 0.6) is 0 Å². The SMILES string of the molecule is O=C1Nc2cc[nH]c2C1=O.c1ccc(N(c2ccccc2)c2ccccc2)cc1. The normalized spacial score (nSPS) is 11.9. The monoisotopic (exact) mass is 381 g/mol. The molecule has 1 amide bonds. The predicted octanol–water partition coefficient (Wildman–Crippen LogP) is 5.31. The molecule has 0 atom stereocenters. The number of ketones is 1. The van der Waals surface area contributed by atoms with Gasteiger partial charge in [-0.1, -0.05) is 54.6 Å². The van der Waals surface area contributed by atoms with E-state index in [0.717, 1.165) is 0 Å². The van der Waals surface area contributed by atoms with Gasteiger partial charge < -0.3 is 15.2 Å². The maximum atomic E-state index is 10.8. The number of benzene rings is 3. The summed E-state index contributed by atoms with van der Waals surface area (Å²) in [7, 11) is 0. The highest BCUT2D eigenvalue weighted by Gasteiger charge is 2.28. The summed E-state index contributed by atoms with van der Waals surface area (Å²) in [6, 6.07) is 32.9. The van der Waals surface area contributed by atoms with Gasteiger partial charge in [0, 0.05) is 23.3 Å². The van der Waals surface area contributed by atoms with Crippen molar-refractivity contribution in [3.63, 3.8) is 0 Å². The molecule has 4 aromatic rings. The predicted molar refractivity (Wildman–Crippen MR) is 115 cm³/mol. The zero-order chi connectivity index (χ0) is 20.1. The Morgan fingerprint density at radius 2 is 1.03 bits per heavy atom. The Hall–Kier alpha value is -4.12. The van der Waals surface area contributed by atoms with Gasteiger partial charge in [0.15, 0.2) is 0 Å². The summed E-state index contributed by atoms with van der Waals surface area (Å²) in [6.07, 6.45) is 1.61. The van der Waals surface area contributed by atoms with Crippen molar-refractivity contribution in [2.45, 2.75) is 0 Å². The van der Waals surface area contributed by atoms with Gasteiger partial charge in [-0.3, -0.25) is 9.59 Å². The lowest BCUT2D eigenvalue weighted by Crippen LogP contribution is -2.13. The Balaban J connectivity index is 0.000000171. The fraction of sp³-hybridized carbons (Fsp3) is 0. The Morgan fingerprint density at radius 1 is 0.586 bits per heavy atom. The summed E-state index contributed by atoms with van der Waals surface area (Å²) in [6.45, 7) is 0. The molecule has 0 saturated heterocycles. The van der Waals surface area contributed by atoms with Crippen molar-refractivity contribution in [2.75, 3.05) is 10.2 Å². The maximum Gasteiger partial charge on any atom is 0.298 e. The van der Waals surface area contributed by atoms with E-state index in [1.807, 2.05) is 18.2 Å². The molecule has 142 valence electrons. The summed E-state index contributed by atoms with van der Waals surface area (Å²) in [5.41, 5.74) is 4.44. The van der Waals surface area contributed by atoms with E-state index in [1.54, 1.807) is 12.3 Å². The quantitative estimate of drug-likeness (QED) is 0.473. The fourth-order valence-corrected chi connectivity index (χ4v) is 3.13. The molecule has 2 heterocycles. The summed E-state index contributed by atoms with van der Waals surface area (Å²) in [5, 5.41) is 2.41. The molecule has 5 rings (SSSR count). The first-order valence-electron chi connectivity index (χ1n) is 9.22. The van der Waals surface area contributed by atoms with Gasteiger partial charge in [0.1, 0.15) is 5.69 Å². The molecule has 0 unspecified atom stereocenters. The third-order valence-electron chi connectivity index (χ3n) is 4.47. The largest absolute Gasteiger partial charge is 0.357 e. The van der Waals surface area contributed by atoms with Crippen molar-refractivity contribution in [1.29, 1.82) is 0 Å². The molecule has 0 bridgehead atoms. The van der Waals surface area contributed by atoms with Crippen LogP contribution >= 0.6 is 0 Å². The third-order valence-corrected chi connectivity index (χ3v) is 4.47. The molecule has 0 fully saturated rings. The van der Waals surface area contributed by atoms with Crippen LogP contribution in [0.2, 0.25) is 0 Å². The second-order valence-corrected chi connectivity index (χ2v) is 6.39. The molecule has 5 nitrogen and oxygen atoms in total. The van der Waals surface area contributed by atoms with Crippen LogP contribution in [0, 0.1) is 0 Å². The molecular formula is C24H19N3O2. The number of Topliss-reactive ketones (excluding diaryl/α,β-unsaturated/α-hetero) is 1. The van der Waals surface area contributed by atoms with Crippen molar-refractivity contribution < 1.29 is 9.59 Å². The fourth-order valence-electron chi connectivity index (χ4n) is 3.13.